The van der Waals surface area contributed by atoms with Crippen molar-refractivity contribution < 1.29 is 8.78 Å². The topological polar surface area (TPSA) is 50.4 Å². The van der Waals surface area contributed by atoms with E-state index in [1.807, 2.05) is 0 Å². The molecular weight excluding hydrogens is 383 g/mol. The van der Waals surface area contributed by atoms with Crippen molar-refractivity contribution in [3.8, 4) is 12.3 Å². The molecule has 0 bridgehead atoms. The maximum absolute atomic E-state index is 13.3. The zero-order valence-electron chi connectivity index (χ0n) is 10.0. The van der Waals surface area contributed by atoms with E-state index in [-0.39, 0.29) is 35.6 Å². The van der Waals surface area contributed by atoms with Crippen molar-refractivity contribution in [3.63, 3.8) is 0 Å². The van der Waals surface area contributed by atoms with Gasteiger partial charge in [0.15, 0.2) is 5.96 Å². The summed E-state index contributed by atoms with van der Waals surface area (Å²) in [5.41, 5.74) is 5.50. The number of thioether (sulfide) groups is 1. The largest absolute Gasteiger partial charge is 0.370 e. The summed E-state index contributed by atoms with van der Waals surface area (Å²) in [5.74, 6) is 2.73. The normalized spacial score (nSPS) is 10.5. The van der Waals surface area contributed by atoms with Crippen LogP contribution in [-0.4, -0.2) is 24.0 Å². The molecule has 19 heavy (non-hydrogen) atoms. The highest BCUT2D eigenvalue weighted by Gasteiger charge is 2.04. The molecule has 104 valence electrons. The number of hydrogen-bond donors (Lipinski definition) is 2. The van der Waals surface area contributed by atoms with Crippen LogP contribution in [-0.2, 0) is 0 Å². The number of hydrogen-bond acceptors (Lipinski definition) is 2. The Balaban J connectivity index is 0.00000324. The minimum Gasteiger partial charge on any atom is -0.370 e. The van der Waals surface area contributed by atoms with Gasteiger partial charge in [-0.05, 0) is 12.1 Å². The van der Waals surface area contributed by atoms with Gasteiger partial charge in [0.25, 0.3) is 0 Å². The number of halogens is 3. The molecule has 0 unspecified atom stereocenters. The van der Waals surface area contributed by atoms with Crippen LogP contribution >= 0.6 is 35.7 Å². The summed E-state index contributed by atoms with van der Waals surface area (Å²) in [4.78, 5) is 3.97. The van der Waals surface area contributed by atoms with Crippen molar-refractivity contribution in [3.05, 3.63) is 29.8 Å². The highest BCUT2D eigenvalue weighted by molar-refractivity contribution is 14.0. The molecule has 0 heterocycles. The molecule has 0 amide bonds. The third-order valence-corrected chi connectivity index (χ3v) is 2.74. The molecular formula is C12H14F2IN3S. The molecule has 0 radical (unpaired) electrons. The molecule has 0 aliphatic heterocycles. The van der Waals surface area contributed by atoms with Crippen LogP contribution in [0.2, 0.25) is 0 Å². The van der Waals surface area contributed by atoms with E-state index < -0.39 is 11.6 Å². The fourth-order valence-electron chi connectivity index (χ4n) is 1.13. The van der Waals surface area contributed by atoms with Crippen molar-refractivity contribution in [2.75, 3.05) is 23.4 Å². The molecule has 0 atom stereocenters. The molecule has 0 saturated carbocycles. The molecule has 0 aliphatic carbocycles. The lowest BCUT2D eigenvalue weighted by Gasteiger charge is -2.06. The maximum atomic E-state index is 13.3. The van der Waals surface area contributed by atoms with Gasteiger partial charge in [0.2, 0.25) is 0 Å². The van der Waals surface area contributed by atoms with Gasteiger partial charge in [-0.25, -0.2) is 8.78 Å². The predicted molar refractivity (Wildman–Crippen MR) is 88.0 cm³/mol. The average molecular weight is 397 g/mol. The second-order valence-electron chi connectivity index (χ2n) is 3.27. The molecule has 0 fully saturated rings. The monoisotopic (exact) mass is 397 g/mol. The highest BCUT2D eigenvalue weighted by atomic mass is 127. The van der Waals surface area contributed by atoms with Crippen molar-refractivity contribution >= 4 is 47.4 Å². The van der Waals surface area contributed by atoms with Crippen molar-refractivity contribution in [2.24, 2.45) is 10.7 Å². The second kappa shape index (κ2) is 9.86. The molecule has 7 heteroatoms. The number of nitrogens with one attached hydrogen (secondary N) is 1. The number of aliphatic imine (C=N–C) groups is 1. The van der Waals surface area contributed by atoms with Crippen LogP contribution in [0.4, 0.5) is 14.5 Å². The number of rotatable bonds is 5. The van der Waals surface area contributed by atoms with Crippen molar-refractivity contribution in [2.45, 2.75) is 0 Å². The predicted octanol–water partition coefficient (Wildman–Crippen LogP) is 2.68. The summed E-state index contributed by atoms with van der Waals surface area (Å²) in [6.07, 6.45) is 5.08. The number of nitrogens with two attached hydrogens (primary N) is 1. The molecule has 1 rings (SSSR count). The smallest absolute Gasteiger partial charge is 0.193 e. The number of nitrogens with zero attached hydrogens (tertiary/aromatic N) is 1. The zero-order valence-corrected chi connectivity index (χ0v) is 13.2. The highest BCUT2D eigenvalue weighted by Crippen LogP contribution is 2.14. The minimum absolute atomic E-state index is 0. The van der Waals surface area contributed by atoms with E-state index in [4.69, 9.17) is 12.2 Å². The summed E-state index contributed by atoms with van der Waals surface area (Å²) in [7, 11) is 0. The van der Waals surface area contributed by atoms with E-state index in [1.54, 1.807) is 11.8 Å². The van der Waals surface area contributed by atoms with Crippen LogP contribution in [0.3, 0.4) is 0 Å². The van der Waals surface area contributed by atoms with Crippen molar-refractivity contribution in [1.29, 1.82) is 0 Å². The van der Waals surface area contributed by atoms with Gasteiger partial charge in [-0.3, -0.25) is 4.99 Å². The SMILES string of the molecule is C#CCSCCN=C(N)Nc1cc(F)ccc1F.I. The summed E-state index contributed by atoms with van der Waals surface area (Å²) < 4.78 is 26.1. The quantitative estimate of drug-likeness (QED) is 0.264. The second-order valence-corrected chi connectivity index (χ2v) is 4.38. The van der Waals surface area contributed by atoms with Crippen LogP contribution in [0.5, 0.6) is 0 Å². The summed E-state index contributed by atoms with van der Waals surface area (Å²) in [6.45, 7) is 0.460. The van der Waals surface area contributed by atoms with E-state index in [0.717, 1.165) is 24.0 Å². The molecule has 1 aromatic rings. The fourth-order valence-corrected chi connectivity index (χ4v) is 1.62. The van der Waals surface area contributed by atoms with Crippen LogP contribution in [0.25, 0.3) is 0 Å². The van der Waals surface area contributed by atoms with E-state index in [0.29, 0.717) is 12.3 Å². The summed E-state index contributed by atoms with van der Waals surface area (Å²) in [6, 6.07) is 3.07. The first-order valence-electron chi connectivity index (χ1n) is 5.16. The summed E-state index contributed by atoms with van der Waals surface area (Å²) >= 11 is 1.55. The van der Waals surface area contributed by atoms with Gasteiger partial charge in [-0.15, -0.1) is 42.2 Å². The Labute approximate surface area is 132 Å². The van der Waals surface area contributed by atoms with Gasteiger partial charge >= 0.3 is 0 Å². The van der Waals surface area contributed by atoms with Gasteiger partial charge in [0.1, 0.15) is 11.6 Å². The number of benzene rings is 1. The lowest BCUT2D eigenvalue weighted by Crippen LogP contribution is -2.23. The Kier molecular flexibility index (Phi) is 9.34. The van der Waals surface area contributed by atoms with Crippen LogP contribution < -0.4 is 11.1 Å². The third kappa shape index (κ3) is 7.22. The molecule has 0 spiro atoms. The van der Waals surface area contributed by atoms with Crippen molar-refractivity contribution in [1.82, 2.24) is 0 Å². The van der Waals surface area contributed by atoms with Crippen LogP contribution in [0.1, 0.15) is 0 Å². The standard InChI is InChI=1S/C12H13F2N3S.HI/c1-2-6-18-7-5-16-12(15)17-11-8-9(13)3-4-10(11)14;/h1,3-4,8H,5-7H2,(H3,15,16,17);1H. The molecule has 0 aromatic heterocycles. The molecule has 1 aromatic carbocycles. The van der Waals surface area contributed by atoms with Gasteiger partial charge < -0.3 is 11.1 Å². The first-order valence-corrected chi connectivity index (χ1v) is 6.32. The first-order chi connectivity index (χ1) is 8.63. The molecule has 3 N–H and O–H groups in total. The van der Waals surface area contributed by atoms with Gasteiger partial charge in [-0.1, -0.05) is 5.92 Å². The van der Waals surface area contributed by atoms with E-state index >= 15 is 0 Å². The van der Waals surface area contributed by atoms with Gasteiger partial charge in [0.05, 0.1) is 18.0 Å². The van der Waals surface area contributed by atoms with E-state index in [1.165, 1.54) is 0 Å². The fraction of sp³-hybridized carbons (Fsp3) is 0.250. The summed E-state index contributed by atoms with van der Waals surface area (Å²) in [5, 5.41) is 2.51. The Morgan fingerprint density at radius 2 is 2.21 bits per heavy atom. The lowest BCUT2D eigenvalue weighted by atomic mass is 10.3. The maximum Gasteiger partial charge on any atom is 0.193 e. The van der Waals surface area contributed by atoms with Gasteiger partial charge in [0, 0.05) is 11.8 Å². The number of anilines is 1. The van der Waals surface area contributed by atoms with E-state index in [2.05, 4.69) is 16.2 Å². The Morgan fingerprint density at radius 3 is 2.89 bits per heavy atom. The number of guanidine groups is 1. The first kappa shape index (κ1) is 18.0. The third-order valence-electron chi connectivity index (χ3n) is 1.89. The Hall–Kier alpha value is -1.01. The Bertz CT molecular complexity index is 475. The molecule has 3 nitrogen and oxygen atoms in total. The van der Waals surface area contributed by atoms with Crippen LogP contribution in [0, 0.1) is 24.0 Å². The Morgan fingerprint density at radius 1 is 1.47 bits per heavy atom. The number of terminal acetylenes is 1. The van der Waals surface area contributed by atoms with Gasteiger partial charge in [-0.2, -0.15) is 0 Å². The van der Waals surface area contributed by atoms with E-state index in [9.17, 15) is 8.78 Å². The minimum atomic E-state index is -0.587. The zero-order chi connectivity index (χ0) is 13.4. The lowest BCUT2D eigenvalue weighted by molar-refractivity contribution is 0.604. The molecule has 0 saturated heterocycles. The van der Waals surface area contributed by atoms with Crippen LogP contribution in [0.15, 0.2) is 23.2 Å². The average Bonchev–Trinajstić information content (AvgIpc) is 2.33. The molecule has 0 aliphatic rings.